The van der Waals surface area contributed by atoms with Gasteiger partial charge in [-0.05, 0) is 36.7 Å². The normalized spacial score (nSPS) is 14.2. The Kier molecular flexibility index (Phi) is 5.77. The van der Waals surface area contributed by atoms with Gasteiger partial charge in [-0.1, -0.05) is 12.7 Å². The molecule has 2 rings (SSSR count). The van der Waals surface area contributed by atoms with Crippen molar-refractivity contribution >= 4 is 5.71 Å². The fourth-order valence-corrected chi connectivity index (χ4v) is 2.09. The zero-order valence-electron chi connectivity index (χ0n) is 12.4. The Hall–Kier alpha value is -2.56. The van der Waals surface area contributed by atoms with Crippen LogP contribution in [0.15, 0.2) is 60.0 Å². The molecule has 3 N–H and O–H groups in total. The van der Waals surface area contributed by atoms with E-state index < -0.39 is 0 Å². The molecule has 0 radical (unpaired) electrons. The van der Waals surface area contributed by atoms with Gasteiger partial charge in [0, 0.05) is 24.0 Å². The van der Waals surface area contributed by atoms with Crippen molar-refractivity contribution in [1.29, 1.82) is 0 Å². The van der Waals surface area contributed by atoms with Crippen LogP contribution in [-0.4, -0.2) is 18.9 Å². The first-order valence-electron chi connectivity index (χ1n) is 7.15. The van der Waals surface area contributed by atoms with Crippen LogP contribution in [0, 0.1) is 5.82 Å². The number of benzene rings is 1. The van der Waals surface area contributed by atoms with Gasteiger partial charge in [-0.3, -0.25) is 4.99 Å². The van der Waals surface area contributed by atoms with Crippen molar-refractivity contribution in [2.75, 3.05) is 13.2 Å². The number of rotatable bonds is 7. The van der Waals surface area contributed by atoms with Crippen molar-refractivity contribution in [3.8, 4) is 5.75 Å². The molecule has 0 saturated heterocycles. The lowest BCUT2D eigenvalue weighted by Gasteiger charge is -2.12. The average molecular weight is 301 g/mol. The Bertz CT molecular complexity index is 620. The number of nitrogens with zero attached hydrogens (tertiary/aromatic N) is 1. The van der Waals surface area contributed by atoms with E-state index in [-0.39, 0.29) is 5.82 Å². The Morgan fingerprint density at radius 3 is 3.00 bits per heavy atom. The van der Waals surface area contributed by atoms with E-state index in [9.17, 15) is 4.39 Å². The highest BCUT2D eigenvalue weighted by molar-refractivity contribution is 6.03. The Morgan fingerprint density at radius 1 is 1.50 bits per heavy atom. The van der Waals surface area contributed by atoms with Gasteiger partial charge in [0.2, 0.25) is 0 Å². The third-order valence-corrected chi connectivity index (χ3v) is 3.30. The second-order valence-corrected chi connectivity index (χ2v) is 4.81. The zero-order valence-corrected chi connectivity index (χ0v) is 12.4. The maximum atomic E-state index is 14.1. The second kappa shape index (κ2) is 8.02. The summed E-state index contributed by atoms with van der Waals surface area (Å²) in [6.07, 6.45) is 8.18. The molecule has 5 heteroatoms. The number of aliphatic imine (C=N–C) groups is 1. The van der Waals surface area contributed by atoms with Gasteiger partial charge in [0.25, 0.3) is 0 Å². The number of hydrogen-bond acceptors (Lipinski definition) is 4. The smallest absolute Gasteiger partial charge is 0.136 e. The molecule has 1 aliphatic rings. The van der Waals surface area contributed by atoms with Crippen LogP contribution in [0.1, 0.15) is 18.4 Å². The molecule has 0 fully saturated rings. The lowest BCUT2D eigenvalue weighted by atomic mass is 10.1. The van der Waals surface area contributed by atoms with E-state index >= 15 is 0 Å². The van der Waals surface area contributed by atoms with Gasteiger partial charge in [-0.2, -0.15) is 0 Å². The average Bonchev–Trinajstić information content (AvgIpc) is 2.56. The maximum Gasteiger partial charge on any atom is 0.136 e. The van der Waals surface area contributed by atoms with Crippen LogP contribution < -0.4 is 15.8 Å². The molecule has 0 amide bonds. The van der Waals surface area contributed by atoms with Crippen LogP contribution in [0.25, 0.3) is 0 Å². The van der Waals surface area contributed by atoms with E-state index in [1.54, 1.807) is 30.6 Å². The molecule has 4 nitrogen and oxygen atoms in total. The van der Waals surface area contributed by atoms with Gasteiger partial charge in [0.05, 0.1) is 18.9 Å². The summed E-state index contributed by atoms with van der Waals surface area (Å²) < 4.78 is 19.7. The van der Waals surface area contributed by atoms with Crippen LogP contribution in [0.5, 0.6) is 5.75 Å². The van der Waals surface area contributed by atoms with Gasteiger partial charge in [-0.25, -0.2) is 4.39 Å². The molecular weight excluding hydrogens is 281 g/mol. The second-order valence-electron chi connectivity index (χ2n) is 4.81. The Labute approximate surface area is 129 Å². The van der Waals surface area contributed by atoms with Crippen LogP contribution >= 0.6 is 0 Å². The number of halogens is 1. The van der Waals surface area contributed by atoms with Crippen molar-refractivity contribution in [1.82, 2.24) is 5.32 Å². The van der Waals surface area contributed by atoms with Crippen molar-refractivity contribution in [3.63, 3.8) is 0 Å². The van der Waals surface area contributed by atoms with Gasteiger partial charge in [-0.15, -0.1) is 0 Å². The van der Waals surface area contributed by atoms with E-state index in [2.05, 4.69) is 16.9 Å². The summed E-state index contributed by atoms with van der Waals surface area (Å²) in [6.45, 7) is 4.69. The molecular formula is C17H20FN3O. The molecule has 1 aliphatic heterocycles. The molecule has 0 aromatic heterocycles. The number of nitrogens with one attached hydrogen (secondary N) is 1. The maximum absolute atomic E-state index is 14.1. The molecule has 22 heavy (non-hydrogen) atoms. The number of hydrogen-bond donors (Lipinski definition) is 2. The first-order valence-corrected chi connectivity index (χ1v) is 7.15. The molecule has 116 valence electrons. The number of ether oxygens (including phenoxy) is 1. The molecule has 0 unspecified atom stereocenters. The highest BCUT2D eigenvalue weighted by Crippen LogP contribution is 2.18. The van der Waals surface area contributed by atoms with Crippen molar-refractivity contribution in [2.45, 2.75) is 12.8 Å². The summed E-state index contributed by atoms with van der Waals surface area (Å²) in [6, 6.07) is 4.84. The minimum atomic E-state index is -0.331. The summed E-state index contributed by atoms with van der Waals surface area (Å²) in [5.41, 5.74) is 7.58. The van der Waals surface area contributed by atoms with Crippen molar-refractivity contribution < 1.29 is 9.13 Å². The largest absolute Gasteiger partial charge is 0.493 e. The zero-order chi connectivity index (χ0) is 15.8. The van der Waals surface area contributed by atoms with Crippen molar-refractivity contribution in [3.05, 3.63) is 66.4 Å². The van der Waals surface area contributed by atoms with E-state index in [1.807, 2.05) is 0 Å². The molecule has 1 aromatic carbocycles. The third-order valence-electron chi connectivity index (χ3n) is 3.30. The van der Waals surface area contributed by atoms with E-state index in [4.69, 9.17) is 10.5 Å². The highest BCUT2D eigenvalue weighted by Gasteiger charge is 2.11. The molecule has 1 heterocycles. The van der Waals surface area contributed by atoms with Crippen LogP contribution in [-0.2, 0) is 0 Å². The lowest BCUT2D eigenvalue weighted by Crippen LogP contribution is -2.22. The summed E-state index contributed by atoms with van der Waals surface area (Å²) in [5, 5.41) is 3.01. The monoisotopic (exact) mass is 301 g/mol. The fraction of sp³-hybridized carbons (Fsp3) is 0.235. The Balaban J connectivity index is 1.91. The molecule has 0 saturated carbocycles. The summed E-state index contributed by atoms with van der Waals surface area (Å²) in [7, 11) is 0. The third kappa shape index (κ3) is 4.22. The number of allylic oxidation sites excluding steroid dienone is 2. The standard InChI is InChI=1S/C17H20FN3O/c1-2-13(11-19)4-3-9-22-14-5-6-15(16(18)10-14)17-12-20-7-8-21-17/h2,5-8,10-11,20H,1,3-4,9,12,19H2/b13-11+. The molecule has 0 atom stereocenters. The van der Waals surface area contributed by atoms with Crippen LogP contribution in [0.2, 0.25) is 0 Å². The van der Waals surface area contributed by atoms with E-state index in [0.29, 0.717) is 30.2 Å². The van der Waals surface area contributed by atoms with Gasteiger partial charge in [0.1, 0.15) is 11.6 Å². The predicted molar refractivity (Wildman–Crippen MR) is 87.3 cm³/mol. The molecule has 1 aromatic rings. The van der Waals surface area contributed by atoms with E-state index in [1.165, 1.54) is 12.3 Å². The highest BCUT2D eigenvalue weighted by atomic mass is 19.1. The summed E-state index contributed by atoms with van der Waals surface area (Å²) in [5.74, 6) is 0.181. The van der Waals surface area contributed by atoms with Gasteiger partial charge < -0.3 is 15.8 Å². The molecule has 0 spiro atoms. The lowest BCUT2D eigenvalue weighted by molar-refractivity contribution is 0.309. The summed E-state index contributed by atoms with van der Waals surface area (Å²) in [4.78, 5) is 4.17. The minimum Gasteiger partial charge on any atom is -0.493 e. The Morgan fingerprint density at radius 2 is 2.36 bits per heavy atom. The number of nitrogens with two attached hydrogens (primary N) is 1. The van der Waals surface area contributed by atoms with E-state index in [0.717, 1.165) is 18.4 Å². The minimum absolute atomic E-state index is 0.331. The van der Waals surface area contributed by atoms with Crippen LogP contribution in [0.3, 0.4) is 0 Å². The topological polar surface area (TPSA) is 59.6 Å². The van der Waals surface area contributed by atoms with Gasteiger partial charge in [0.15, 0.2) is 0 Å². The predicted octanol–water partition coefficient (Wildman–Crippen LogP) is 2.88. The first kappa shape index (κ1) is 15.8. The van der Waals surface area contributed by atoms with Crippen LogP contribution in [0.4, 0.5) is 4.39 Å². The summed E-state index contributed by atoms with van der Waals surface area (Å²) >= 11 is 0. The fourth-order valence-electron chi connectivity index (χ4n) is 2.09. The van der Waals surface area contributed by atoms with Gasteiger partial charge >= 0.3 is 0 Å². The van der Waals surface area contributed by atoms with Crippen molar-refractivity contribution in [2.24, 2.45) is 10.7 Å². The quantitative estimate of drug-likeness (QED) is 0.601. The molecule has 0 aliphatic carbocycles. The molecule has 0 bridgehead atoms. The SMILES string of the molecule is C=C/C(=C\N)CCCOc1ccc(C2=NC=CNC2)c(F)c1. The first-order chi connectivity index (χ1) is 10.7.